The number of hydrogen-bond donors (Lipinski definition) is 1. The Morgan fingerprint density at radius 3 is 2.50 bits per heavy atom. The maximum Gasteiger partial charge on any atom is 0.343 e. The molecule has 22 heavy (non-hydrogen) atoms. The Balaban J connectivity index is 1.85. The van der Waals surface area contributed by atoms with Gasteiger partial charge in [-0.3, -0.25) is 4.79 Å². The minimum absolute atomic E-state index is 0.137. The molecule has 2 fully saturated rings. The van der Waals surface area contributed by atoms with Gasteiger partial charge in [-0.2, -0.15) is 0 Å². The van der Waals surface area contributed by atoms with E-state index in [4.69, 9.17) is 9.84 Å². The van der Waals surface area contributed by atoms with Crippen molar-refractivity contribution < 1.29 is 23.8 Å². The van der Waals surface area contributed by atoms with Crippen LogP contribution in [0.2, 0.25) is 0 Å². The lowest BCUT2D eigenvalue weighted by Gasteiger charge is -2.25. The number of alkyl halides is 1. The molecule has 1 heterocycles. The van der Waals surface area contributed by atoms with E-state index in [9.17, 15) is 14.0 Å². The quantitative estimate of drug-likeness (QED) is 0.920. The monoisotopic (exact) mass is 307 g/mol. The van der Waals surface area contributed by atoms with E-state index in [0.29, 0.717) is 18.6 Å². The van der Waals surface area contributed by atoms with Gasteiger partial charge in [0.2, 0.25) is 11.6 Å². The molecule has 1 saturated heterocycles. The highest BCUT2D eigenvalue weighted by Crippen LogP contribution is 2.53. The number of carbonyl (C=O) groups excluding carboxylic acids is 1. The lowest BCUT2D eigenvalue weighted by molar-refractivity contribution is -0.150. The van der Waals surface area contributed by atoms with Gasteiger partial charge in [-0.15, -0.1) is 0 Å². The van der Waals surface area contributed by atoms with E-state index in [-0.39, 0.29) is 25.4 Å². The molecule has 1 amide bonds. The lowest BCUT2D eigenvalue weighted by Crippen LogP contribution is -2.42. The Bertz CT molecular complexity index is 628. The molecule has 0 aromatic heterocycles. The third-order valence-corrected chi connectivity index (χ3v) is 4.67. The molecule has 6 heteroatoms. The number of nitrogens with zero attached hydrogens (tertiary/aromatic N) is 1. The van der Waals surface area contributed by atoms with E-state index in [0.717, 1.165) is 5.56 Å². The molecule has 5 nitrogen and oxygen atoms in total. The van der Waals surface area contributed by atoms with Crippen LogP contribution in [-0.4, -0.2) is 47.8 Å². The van der Waals surface area contributed by atoms with Crippen molar-refractivity contribution in [1.29, 1.82) is 0 Å². The minimum Gasteiger partial charge on any atom is -0.496 e. The van der Waals surface area contributed by atoms with Gasteiger partial charge in [0.1, 0.15) is 5.75 Å². The molecule has 118 valence electrons. The number of amides is 1. The maximum absolute atomic E-state index is 14.2. The number of aliphatic carboxylic acids is 1. The molecule has 1 aliphatic carbocycles. The highest BCUT2D eigenvalue weighted by atomic mass is 19.1. The molecule has 1 aromatic rings. The average Bonchev–Trinajstić information content (AvgIpc) is 3.23. The van der Waals surface area contributed by atoms with Crippen LogP contribution in [0.5, 0.6) is 5.75 Å². The van der Waals surface area contributed by atoms with Crippen molar-refractivity contribution in [2.45, 2.75) is 30.3 Å². The van der Waals surface area contributed by atoms with Gasteiger partial charge in [0.05, 0.1) is 19.1 Å². The summed E-state index contributed by atoms with van der Waals surface area (Å²) in [5.74, 6) is -1.06. The Labute approximate surface area is 127 Å². The molecule has 1 unspecified atom stereocenters. The van der Waals surface area contributed by atoms with Crippen molar-refractivity contribution in [1.82, 2.24) is 4.90 Å². The number of carboxylic acid groups (broad SMARTS) is 1. The first-order valence-electron chi connectivity index (χ1n) is 7.28. The zero-order valence-corrected chi connectivity index (χ0v) is 12.3. The normalized spacial score (nSPS) is 25.8. The number of carboxylic acids is 1. The summed E-state index contributed by atoms with van der Waals surface area (Å²) in [6.45, 7) is -0.239. The van der Waals surface area contributed by atoms with Gasteiger partial charge in [0, 0.05) is 18.5 Å². The van der Waals surface area contributed by atoms with Crippen LogP contribution in [0, 0.1) is 0 Å². The van der Waals surface area contributed by atoms with E-state index < -0.39 is 17.1 Å². The zero-order valence-electron chi connectivity index (χ0n) is 12.3. The van der Waals surface area contributed by atoms with Gasteiger partial charge in [-0.1, -0.05) is 18.2 Å². The highest BCUT2D eigenvalue weighted by molar-refractivity contribution is 5.93. The van der Waals surface area contributed by atoms with Gasteiger partial charge < -0.3 is 14.7 Å². The van der Waals surface area contributed by atoms with Crippen LogP contribution in [-0.2, 0) is 15.0 Å². The second-order valence-electron chi connectivity index (χ2n) is 6.03. The third kappa shape index (κ3) is 2.14. The van der Waals surface area contributed by atoms with Crippen molar-refractivity contribution in [3.8, 4) is 5.75 Å². The number of carbonyl (C=O) groups is 2. The van der Waals surface area contributed by atoms with Crippen molar-refractivity contribution in [3.63, 3.8) is 0 Å². The predicted octanol–water partition coefficient (Wildman–Crippen LogP) is 1.75. The summed E-state index contributed by atoms with van der Waals surface area (Å²) < 4.78 is 19.5. The smallest absolute Gasteiger partial charge is 0.343 e. The fraction of sp³-hybridized carbons (Fsp3) is 0.500. The Kier molecular flexibility index (Phi) is 3.34. The molecule has 3 rings (SSSR count). The summed E-state index contributed by atoms with van der Waals surface area (Å²) in [6.07, 6.45) is 1.19. The SMILES string of the molecule is COc1ccccc1C1(C(=O)N2CCC(F)(C(=O)O)C2)CC1. The predicted molar refractivity (Wildman–Crippen MR) is 76.6 cm³/mol. The molecule has 1 aromatic carbocycles. The number of para-hydroxylation sites is 1. The Hall–Kier alpha value is -2.11. The minimum atomic E-state index is -2.33. The van der Waals surface area contributed by atoms with Crippen molar-refractivity contribution in [3.05, 3.63) is 29.8 Å². The van der Waals surface area contributed by atoms with Crippen LogP contribution in [0.15, 0.2) is 24.3 Å². The number of halogens is 1. The summed E-state index contributed by atoms with van der Waals surface area (Å²) in [7, 11) is 1.55. The topological polar surface area (TPSA) is 66.8 Å². The molecule has 0 bridgehead atoms. The number of benzene rings is 1. The number of rotatable bonds is 4. The van der Waals surface area contributed by atoms with Crippen molar-refractivity contribution >= 4 is 11.9 Å². The van der Waals surface area contributed by atoms with E-state index in [1.54, 1.807) is 13.2 Å². The third-order valence-electron chi connectivity index (χ3n) is 4.67. The van der Waals surface area contributed by atoms with Gasteiger partial charge in [0.25, 0.3) is 0 Å². The van der Waals surface area contributed by atoms with Gasteiger partial charge >= 0.3 is 5.97 Å². The molecule has 1 saturated carbocycles. The first kappa shape index (κ1) is 14.8. The van der Waals surface area contributed by atoms with Crippen LogP contribution >= 0.6 is 0 Å². The molecule has 1 aliphatic heterocycles. The molecular weight excluding hydrogens is 289 g/mol. The molecule has 0 radical (unpaired) electrons. The molecular formula is C16H18FNO4. The number of hydrogen-bond acceptors (Lipinski definition) is 3. The van der Waals surface area contributed by atoms with Crippen LogP contribution in [0.1, 0.15) is 24.8 Å². The molecule has 2 aliphatic rings. The van der Waals surface area contributed by atoms with E-state index in [1.807, 2.05) is 18.2 Å². The second-order valence-corrected chi connectivity index (χ2v) is 6.03. The van der Waals surface area contributed by atoms with E-state index in [1.165, 1.54) is 4.90 Å². The maximum atomic E-state index is 14.2. The summed E-state index contributed by atoms with van der Waals surface area (Å²) in [6, 6.07) is 7.31. The summed E-state index contributed by atoms with van der Waals surface area (Å²) in [5.41, 5.74) is -2.21. The van der Waals surface area contributed by atoms with Crippen LogP contribution in [0.4, 0.5) is 4.39 Å². The van der Waals surface area contributed by atoms with E-state index in [2.05, 4.69) is 0 Å². The largest absolute Gasteiger partial charge is 0.496 e. The summed E-state index contributed by atoms with van der Waals surface area (Å²) in [5, 5.41) is 8.96. The second kappa shape index (κ2) is 4.97. The van der Waals surface area contributed by atoms with Crippen molar-refractivity contribution in [2.75, 3.05) is 20.2 Å². The number of ether oxygens (including phenoxy) is 1. The first-order chi connectivity index (χ1) is 10.4. The zero-order chi connectivity index (χ0) is 16.0. The molecule has 0 spiro atoms. The van der Waals surface area contributed by atoms with Crippen LogP contribution in [0.25, 0.3) is 0 Å². The van der Waals surface area contributed by atoms with Crippen molar-refractivity contribution in [2.24, 2.45) is 0 Å². The lowest BCUT2D eigenvalue weighted by atomic mass is 9.93. The van der Waals surface area contributed by atoms with Gasteiger partial charge in [0.15, 0.2) is 0 Å². The van der Waals surface area contributed by atoms with Crippen LogP contribution < -0.4 is 4.74 Å². The van der Waals surface area contributed by atoms with Crippen LogP contribution in [0.3, 0.4) is 0 Å². The molecule has 1 N–H and O–H groups in total. The number of likely N-dealkylation sites (tertiary alicyclic amines) is 1. The van der Waals surface area contributed by atoms with E-state index >= 15 is 0 Å². The van der Waals surface area contributed by atoms with Gasteiger partial charge in [-0.25, -0.2) is 9.18 Å². The Morgan fingerprint density at radius 2 is 1.95 bits per heavy atom. The summed E-state index contributed by atoms with van der Waals surface area (Å²) in [4.78, 5) is 25.2. The standard InChI is InChI=1S/C16H18FNO4/c1-22-12-5-3-2-4-11(12)15(6-7-15)13(19)18-9-8-16(17,10-18)14(20)21/h2-5H,6-10H2,1H3,(H,20,21). The highest BCUT2D eigenvalue weighted by Gasteiger charge is 2.57. The first-order valence-corrected chi connectivity index (χ1v) is 7.28. The Morgan fingerprint density at radius 1 is 1.27 bits per heavy atom. The molecule has 1 atom stereocenters. The van der Waals surface area contributed by atoms with Gasteiger partial charge in [-0.05, 0) is 18.9 Å². The fourth-order valence-electron chi connectivity index (χ4n) is 3.19. The average molecular weight is 307 g/mol. The fourth-order valence-corrected chi connectivity index (χ4v) is 3.19. The summed E-state index contributed by atoms with van der Waals surface area (Å²) >= 11 is 0. The number of methoxy groups -OCH3 is 1.